The standard InChI is InChI=1S/C12H11OPS.Na/c13-14(15,11-7-3-1-4-8-11)12-9-5-2-6-10-12;/h1-10H,(H,13,15);/p-1. The van der Waals surface area contributed by atoms with Crippen molar-refractivity contribution in [1.29, 1.82) is 0 Å². The minimum Gasteiger partial charge on any atom is -0.814 e. The van der Waals surface area contributed by atoms with Gasteiger partial charge >= 0.3 is 0 Å². The SMILES string of the molecule is [Na].[O-]P(=S)(c1ccccc1)c1ccccc1. The number of rotatable bonds is 2. The first kappa shape index (κ1) is 14.1. The van der Waals surface area contributed by atoms with E-state index in [-0.39, 0.29) is 29.6 Å². The molecule has 2 aromatic carbocycles. The molecule has 0 aliphatic carbocycles. The topological polar surface area (TPSA) is 23.1 Å². The third-order valence-electron chi connectivity index (χ3n) is 2.19. The van der Waals surface area contributed by atoms with Gasteiger partial charge in [0.05, 0.1) is 0 Å². The van der Waals surface area contributed by atoms with Crippen molar-refractivity contribution in [2.45, 2.75) is 0 Å². The van der Waals surface area contributed by atoms with Crippen LogP contribution in [0.1, 0.15) is 0 Å². The molecule has 0 bridgehead atoms. The summed E-state index contributed by atoms with van der Waals surface area (Å²) >= 11 is 5.23. The molecule has 0 N–H and O–H groups in total. The molecule has 1 radical (unpaired) electrons. The second kappa shape index (κ2) is 6.11. The molecule has 0 saturated heterocycles. The zero-order valence-electron chi connectivity index (χ0n) is 9.04. The summed E-state index contributed by atoms with van der Waals surface area (Å²) in [5.74, 6) is 0. The van der Waals surface area contributed by atoms with E-state index in [2.05, 4.69) is 0 Å². The van der Waals surface area contributed by atoms with Crippen LogP contribution in [-0.2, 0) is 11.8 Å². The van der Waals surface area contributed by atoms with Crippen LogP contribution in [-0.4, -0.2) is 29.6 Å². The van der Waals surface area contributed by atoms with Gasteiger partial charge in [-0.3, -0.25) is 0 Å². The van der Waals surface area contributed by atoms with E-state index in [4.69, 9.17) is 11.8 Å². The molecule has 77 valence electrons. The molecule has 0 aliphatic heterocycles. The maximum absolute atomic E-state index is 12.4. The van der Waals surface area contributed by atoms with Gasteiger partial charge in [-0.1, -0.05) is 66.9 Å². The molecule has 0 fully saturated rings. The summed E-state index contributed by atoms with van der Waals surface area (Å²) in [4.78, 5) is 12.4. The summed E-state index contributed by atoms with van der Waals surface area (Å²) in [6.07, 6.45) is -2.81. The average Bonchev–Trinajstić information content (AvgIpc) is 2.31. The molecule has 0 amide bonds. The van der Waals surface area contributed by atoms with Crippen LogP contribution < -0.4 is 15.5 Å². The van der Waals surface area contributed by atoms with Gasteiger partial charge in [-0.05, 0) is 10.6 Å². The Morgan fingerprint density at radius 2 is 1.06 bits per heavy atom. The van der Waals surface area contributed by atoms with Gasteiger partial charge in [0.2, 0.25) is 0 Å². The monoisotopic (exact) mass is 256 g/mol. The van der Waals surface area contributed by atoms with Crippen LogP contribution in [0.25, 0.3) is 0 Å². The molecule has 2 rings (SSSR count). The Balaban J connectivity index is 0.00000128. The van der Waals surface area contributed by atoms with Gasteiger partial charge in [0.1, 0.15) is 0 Å². The van der Waals surface area contributed by atoms with E-state index in [0.29, 0.717) is 0 Å². The smallest absolute Gasteiger partial charge is 0 e. The van der Waals surface area contributed by atoms with Crippen molar-refractivity contribution >= 4 is 58.2 Å². The van der Waals surface area contributed by atoms with E-state index >= 15 is 0 Å². The molecule has 0 aliphatic rings. The first-order chi connectivity index (χ1) is 7.21. The van der Waals surface area contributed by atoms with E-state index in [9.17, 15) is 4.89 Å². The van der Waals surface area contributed by atoms with Gasteiger partial charge in [-0.2, -0.15) is 0 Å². The predicted molar refractivity (Wildman–Crippen MR) is 72.2 cm³/mol. The third kappa shape index (κ3) is 3.04. The Hall–Kier alpha value is 0.0500. The quantitative estimate of drug-likeness (QED) is 0.591. The van der Waals surface area contributed by atoms with Crippen LogP contribution in [0.2, 0.25) is 0 Å². The fourth-order valence-corrected chi connectivity index (χ4v) is 3.56. The van der Waals surface area contributed by atoms with Crippen LogP contribution in [0, 0.1) is 0 Å². The summed E-state index contributed by atoms with van der Waals surface area (Å²) in [6, 6.07) is 18.5. The minimum absolute atomic E-state index is 0. The molecule has 4 heteroatoms. The van der Waals surface area contributed by atoms with Crippen molar-refractivity contribution in [2.75, 3.05) is 0 Å². The molecule has 2 aromatic rings. The van der Waals surface area contributed by atoms with E-state index in [1.54, 1.807) is 0 Å². The Morgan fingerprint density at radius 3 is 1.38 bits per heavy atom. The maximum Gasteiger partial charge on any atom is 0 e. The number of hydrogen-bond acceptors (Lipinski definition) is 2. The average molecular weight is 256 g/mol. The minimum atomic E-state index is -2.81. The molecule has 0 atom stereocenters. The summed E-state index contributed by atoms with van der Waals surface area (Å²) in [5.41, 5.74) is 0. The molecule has 0 spiro atoms. The zero-order chi connectivity index (χ0) is 10.7. The van der Waals surface area contributed by atoms with Crippen molar-refractivity contribution in [3.05, 3.63) is 60.7 Å². The molecular weight excluding hydrogens is 246 g/mol. The van der Waals surface area contributed by atoms with E-state index in [0.717, 1.165) is 10.6 Å². The second-order valence-electron chi connectivity index (χ2n) is 3.22. The second-order valence-corrected chi connectivity index (χ2v) is 6.90. The van der Waals surface area contributed by atoms with Gasteiger partial charge in [-0.15, -0.1) is 11.8 Å². The van der Waals surface area contributed by atoms with Crippen LogP contribution in [0.15, 0.2) is 60.7 Å². The van der Waals surface area contributed by atoms with E-state index in [1.165, 1.54) is 0 Å². The number of benzene rings is 2. The third-order valence-corrected chi connectivity index (χ3v) is 5.41. The van der Waals surface area contributed by atoms with Gasteiger partial charge in [0, 0.05) is 29.6 Å². The molecule has 1 nitrogen and oxygen atoms in total. The zero-order valence-corrected chi connectivity index (χ0v) is 12.7. The van der Waals surface area contributed by atoms with Crippen LogP contribution in [0.5, 0.6) is 0 Å². The van der Waals surface area contributed by atoms with Crippen LogP contribution in [0.4, 0.5) is 0 Å². The predicted octanol–water partition coefficient (Wildman–Crippen LogP) is 1.01. The van der Waals surface area contributed by atoms with Gasteiger partial charge in [-0.25, -0.2) is 0 Å². The van der Waals surface area contributed by atoms with Crippen molar-refractivity contribution in [3.8, 4) is 0 Å². The summed E-state index contributed by atoms with van der Waals surface area (Å²) in [5, 5.41) is 1.46. The van der Waals surface area contributed by atoms with Crippen LogP contribution in [0.3, 0.4) is 0 Å². The molecule has 0 saturated carbocycles. The van der Waals surface area contributed by atoms with E-state index in [1.807, 2.05) is 60.7 Å². The Morgan fingerprint density at radius 1 is 0.750 bits per heavy atom. The Kier molecular flexibility index (Phi) is 5.39. The largest absolute Gasteiger partial charge is 0.814 e. The molecule has 0 heterocycles. The summed E-state index contributed by atoms with van der Waals surface area (Å²) in [7, 11) is 0. The van der Waals surface area contributed by atoms with Crippen molar-refractivity contribution in [1.82, 2.24) is 0 Å². The van der Waals surface area contributed by atoms with Crippen LogP contribution >= 0.6 is 6.26 Å². The van der Waals surface area contributed by atoms with Gasteiger partial charge < -0.3 is 4.89 Å². The first-order valence-electron chi connectivity index (χ1n) is 4.63. The van der Waals surface area contributed by atoms with Crippen molar-refractivity contribution in [3.63, 3.8) is 0 Å². The van der Waals surface area contributed by atoms with Crippen molar-refractivity contribution in [2.24, 2.45) is 0 Å². The van der Waals surface area contributed by atoms with Gasteiger partial charge in [0.25, 0.3) is 0 Å². The molecule has 16 heavy (non-hydrogen) atoms. The number of hydrogen-bond donors (Lipinski definition) is 0. The van der Waals surface area contributed by atoms with Crippen molar-refractivity contribution < 1.29 is 4.89 Å². The molecule has 0 unspecified atom stereocenters. The maximum atomic E-state index is 12.4. The fourth-order valence-electron chi connectivity index (χ4n) is 1.40. The summed E-state index contributed by atoms with van der Waals surface area (Å²) < 4.78 is 0. The first-order valence-corrected chi connectivity index (χ1v) is 7.35. The molecule has 0 aromatic heterocycles. The normalized spacial score (nSPS) is 10.6. The Bertz CT molecular complexity index is 443. The Labute approximate surface area is 123 Å². The fraction of sp³-hybridized carbons (Fsp3) is 0. The molecular formula is C12H10NaOPS-. The van der Waals surface area contributed by atoms with E-state index < -0.39 is 6.26 Å². The van der Waals surface area contributed by atoms with Gasteiger partial charge in [0.15, 0.2) is 0 Å². The summed E-state index contributed by atoms with van der Waals surface area (Å²) in [6.45, 7) is 0.